The fourth-order valence-corrected chi connectivity index (χ4v) is 8.33. The zero-order valence-electron chi connectivity index (χ0n) is 7.08. The first-order valence-corrected chi connectivity index (χ1v) is 12.1. The molecular weight excluding hydrogens is 284 g/mol. The molecule has 2 rings (SSSR count). The molecule has 0 bridgehead atoms. The van der Waals surface area contributed by atoms with Crippen molar-refractivity contribution >= 4 is 18.4 Å². The van der Waals surface area contributed by atoms with Gasteiger partial charge in [-0.2, -0.15) is 0 Å². The zero-order valence-corrected chi connectivity index (χ0v) is 10.8. The predicted octanol–water partition coefficient (Wildman–Crippen LogP) is 4.14. The van der Waals surface area contributed by atoms with E-state index in [0.29, 0.717) is 0 Å². The molecule has 2 aliphatic carbocycles. The Morgan fingerprint density at radius 2 is 1.38 bits per heavy atom. The summed E-state index contributed by atoms with van der Waals surface area (Å²) in [6.45, 7) is 0. The van der Waals surface area contributed by atoms with E-state index in [1.54, 1.807) is 0 Å². The molecule has 69 valence electrons. The normalized spacial score (nSPS) is 20.8. The van der Waals surface area contributed by atoms with Gasteiger partial charge < -0.3 is 0 Å². The molecule has 0 unspecified atom stereocenters. The van der Waals surface area contributed by atoms with Crippen LogP contribution in [0.1, 0.15) is 12.8 Å². The van der Waals surface area contributed by atoms with Gasteiger partial charge in [0.15, 0.2) is 0 Å². The topological polar surface area (TPSA) is 0 Å². The monoisotopic (exact) mass is 293 g/mol. The van der Waals surface area contributed by atoms with E-state index in [2.05, 4.69) is 24.3 Å². The second-order valence-corrected chi connectivity index (χ2v) is 15.5. The van der Waals surface area contributed by atoms with Crippen molar-refractivity contribution < 1.29 is 15.0 Å². The maximum atomic E-state index is 6.50. The Morgan fingerprint density at radius 1 is 0.923 bits per heavy atom. The molecule has 0 saturated heterocycles. The first kappa shape index (κ1) is 9.82. The summed E-state index contributed by atoms with van der Waals surface area (Å²) in [4.78, 5) is 0. The first-order valence-electron chi connectivity index (χ1n) is 4.22. The summed E-state index contributed by atoms with van der Waals surface area (Å²) in [7, 11) is 13.0. The summed E-state index contributed by atoms with van der Waals surface area (Å²) in [5.74, 6) is 0. The third-order valence-electron chi connectivity index (χ3n) is 2.22. The quantitative estimate of drug-likeness (QED) is 0.672. The number of allylic oxidation sites excluding steroid dienone is 8. The Balaban J connectivity index is 2.20. The van der Waals surface area contributed by atoms with Crippen LogP contribution < -0.4 is 0 Å². The van der Waals surface area contributed by atoms with Gasteiger partial charge in [-0.05, 0) is 0 Å². The van der Waals surface area contributed by atoms with Crippen molar-refractivity contribution in [3.05, 3.63) is 44.0 Å². The third-order valence-corrected chi connectivity index (χ3v) is 12.5. The van der Waals surface area contributed by atoms with Gasteiger partial charge in [0.25, 0.3) is 0 Å². The Labute approximate surface area is 89.8 Å². The first-order chi connectivity index (χ1) is 6.21. The molecule has 0 aromatic heterocycles. The van der Waals surface area contributed by atoms with Gasteiger partial charge in [-0.3, -0.25) is 0 Å². The second kappa shape index (κ2) is 3.80. The molecule has 0 N–H and O–H groups in total. The molecule has 0 aliphatic heterocycles. The van der Waals surface area contributed by atoms with Gasteiger partial charge in [-0.15, -0.1) is 0 Å². The maximum absolute atomic E-state index is 6.50. The van der Waals surface area contributed by atoms with Crippen molar-refractivity contribution in [1.82, 2.24) is 0 Å². The summed E-state index contributed by atoms with van der Waals surface area (Å²) in [6.07, 6.45) is 14.4. The molecule has 3 heteroatoms. The van der Waals surface area contributed by atoms with E-state index >= 15 is 0 Å². The summed E-state index contributed by atoms with van der Waals surface area (Å²) in [5, 5.41) is 0. The van der Waals surface area contributed by atoms with Crippen molar-refractivity contribution in [2.24, 2.45) is 0 Å². The average Bonchev–Trinajstić information content (AvgIpc) is 2.78. The molecule has 0 fully saturated rings. The fourth-order valence-electron chi connectivity index (χ4n) is 1.47. The Hall–Kier alpha value is 0.280. The van der Waals surface area contributed by atoms with E-state index in [1.165, 1.54) is 7.58 Å². The zero-order chi connectivity index (χ0) is 9.31. The van der Waals surface area contributed by atoms with Crippen molar-refractivity contribution in [2.75, 3.05) is 0 Å². The minimum absolute atomic E-state index is 0.954. The second-order valence-electron chi connectivity index (χ2n) is 3.09. The molecule has 0 nitrogen and oxygen atoms in total. The van der Waals surface area contributed by atoms with Gasteiger partial charge in [-0.1, -0.05) is 0 Å². The van der Waals surface area contributed by atoms with Crippen LogP contribution >= 0.6 is 18.4 Å². The minimum atomic E-state index is -2.95. The Bertz CT molecular complexity index is 303. The molecule has 0 heterocycles. The van der Waals surface area contributed by atoms with Crippen molar-refractivity contribution in [2.45, 2.75) is 12.8 Å². The van der Waals surface area contributed by atoms with E-state index < -0.39 is 15.0 Å². The van der Waals surface area contributed by atoms with Crippen LogP contribution in [-0.4, -0.2) is 0 Å². The summed E-state index contributed by atoms with van der Waals surface area (Å²) in [5.41, 5.74) is 0. The van der Waals surface area contributed by atoms with Gasteiger partial charge in [0.1, 0.15) is 0 Å². The van der Waals surface area contributed by atoms with E-state index in [4.69, 9.17) is 18.4 Å². The van der Waals surface area contributed by atoms with Crippen molar-refractivity contribution in [1.29, 1.82) is 0 Å². The van der Waals surface area contributed by atoms with E-state index in [9.17, 15) is 0 Å². The van der Waals surface area contributed by atoms with Crippen LogP contribution in [0, 0.1) is 0 Å². The van der Waals surface area contributed by atoms with Crippen LogP contribution in [0.15, 0.2) is 44.0 Å². The predicted molar refractivity (Wildman–Crippen MR) is 55.4 cm³/mol. The number of rotatable bonds is 2. The van der Waals surface area contributed by atoms with Gasteiger partial charge in [0, 0.05) is 0 Å². The fraction of sp³-hybridized carbons (Fsp3) is 0.200. The van der Waals surface area contributed by atoms with Crippen molar-refractivity contribution in [3.63, 3.8) is 0 Å². The van der Waals surface area contributed by atoms with Crippen molar-refractivity contribution in [3.8, 4) is 0 Å². The van der Waals surface area contributed by atoms with Gasteiger partial charge in [0.05, 0.1) is 0 Å². The van der Waals surface area contributed by atoms with Crippen LogP contribution in [0.25, 0.3) is 0 Å². The van der Waals surface area contributed by atoms with E-state index in [0.717, 1.165) is 12.8 Å². The standard InChI is InChI=1S/2C5H5.2ClH.Nb/c2*1-2-4-5-3-1;;;/h2*1-3H,4H2;2*1H;/q;;;;+2/p-2. The van der Waals surface area contributed by atoms with Gasteiger partial charge in [0.2, 0.25) is 0 Å². The summed E-state index contributed by atoms with van der Waals surface area (Å²) < 4.78 is 2.55. The molecule has 2 aliphatic rings. The molecule has 0 amide bonds. The molecule has 0 saturated carbocycles. The Kier molecular flexibility index (Phi) is 2.87. The summed E-state index contributed by atoms with van der Waals surface area (Å²) in [6, 6.07) is 0. The van der Waals surface area contributed by atoms with E-state index in [-0.39, 0.29) is 0 Å². The van der Waals surface area contributed by atoms with Gasteiger partial charge >= 0.3 is 90.2 Å². The average molecular weight is 294 g/mol. The van der Waals surface area contributed by atoms with E-state index in [1.807, 2.05) is 12.2 Å². The summed E-state index contributed by atoms with van der Waals surface area (Å²) >= 11 is -2.95. The molecule has 0 aromatic carbocycles. The SMILES string of the molecule is [Cl][Nb]([Cl])([C]1=CC=CC1)[C]1=CC=CC1. The number of halogens is 2. The number of hydrogen-bond acceptors (Lipinski definition) is 0. The molecule has 0 radical (unpaired) electrons. The molecule has 13 heavy (non-hydrogen) atoms. The van der Waals surface area contributed by atoms with Crippen LogP contribution in [0.2, 0.25) is 0 Å². The van der Waals surface area contributed by atoms with Crippen LogP contribution in [0.4, 0.5) is 0 Å². The van der Waals surface area contributed by atoms with Crippen LogP contribution in [0.5, 0.6) is 0 Å². The third kappa shape index (κ3) is 1.88. The van der Waals surface area contributed by atoms with Crippen LogP contribution in [-0.2, 0) is 15.0 Å². The number of hydrogen-bond donors (Lipinski definition) is 0. The Morgan fingerprint density at radius 3 is 1.69 bits per heavy atom. The molecule has 0 aromatic rings. The molecule has 0 atom stereocenters. The van der Waals surface area contributed by atoms with Gasteiger partial charge in [-0.25, -0.2) is 0 Å². The molecular formula is C10H10Cl2Nb. The van der Waals surface area contributed by atoms with Crippen LogP contribution in [0.3, 0.4) is 0 Å². The molecule has 0 spiro atoms.